The van der Waals surface area contributed by atoms with E-state index in [0.29, 0.717) is 17.5 Å². The number of para-hydroxylation sites is 2. The summed E-state index contributed by atoms with van der Waals surface area (Å²) in [5, 5.41) is 4.96. The summed E-state index contributed by atoms with van der Waals surface area (Å²) in [5.74, 6) is 1.84. The Kier molecular flexibility index (Phi) is 8.65. The molecule has 0 amide bonds. The van der Waals surface area contributed by atoms with Gasteiger partial charge in [-0.15, -0.1) is 11.3 Å². The molecule has 0 spiro atoms. The van der Waals surface area contributed by atoms with Gasteiger partial charge in [0.15, 0.2) is 17.5 Å². The van der Waals surface area contributed by atoms with Gasteiger partial charge < -0.3 is 4.57 Å². The summed E-state index contributed by atoms with van der Waals surface area (Å²) in [6, 6.07) is 77.5. The molecule has 0 aliphatic rings. The first-order valence-corrected chi connectivity index (χ1v) is 21.7. The molecule has 0 N–H and O–H groups in total. The monoisotopic (exact) mass is 808 g/mol. The molecule has 0 unspecified atom stereocenters. The number of aromatic nitrogens is 4. The Balaban J connectivity index is 1.08. The number of hydrogen-bond donors (Lipinski definition) is 0. The average molecular weight is 809 g/mol. The Morgan fingerprint density at radius 3 is 1.40 bits per heavy atom. The largest absolute Gasteiger partial charge is 0.309 e. The summed E-state index contributed by atoms with van der Waals surface area (Å²) >= 11 is 1.84. The van der Waals surface area contributed by atoms with Crippen molar-refractivity contribution in [1.82, 2.24) is 19.5 Å². The predicted octanol–water partition coefficient (Wildman–Crippen LogP) is 15.3. The van der Waals surface area contributed by atoms with Crippen molar-refractivity contribution in [3.8, 4) is 73.2 Å². The Labute approximate surface area is 362 Å². The Morgan fingerprint density at radius 2 is 0.758 bits per heavy atom. The van der Waals surface area contributed by atoms with Gasteiger partial charge in [-0.25, -0.2) is 15.0 Å². The van der Waals surface area contributed by atoms with E-state index in [1.807, 2.05) is 29.5 Å². The zero-order valence-electron chi connectivity index (χ0n) is 33.5. The van der Waals surface area contributed by atoms with Crippen LogP contribution in [-0.2, 0) is 0 Å². The smallest absolute Gasteiger partial charge is 0.164 e. The Hall–Kier alpha value is -7.99. The first kappa shape index (κ1) is 35.9. The lowest BCUT2D eigenvalue weighted by Gasteiger charge is -2.17. The normalized spacial score (nSPS) is 11.5. The summed E-state index contributed by atoms with van der Waals surface area (Å²) in [6.45, 7) is 0. The summed E-state index contributed by atoms with van der Waals surface area (Å²) in [4.78, 5) is 15.8. The third kappa shape index (κ3) is 6.18. The van der Waals surface area contributed by atoms with Crippen molar-refractivity contribution in [1.29, 1.82) is 0 Å². The van der Waals surface area contributed by atoms with Gasteiger partial charge in [0.1, 0.15) is 0 Å². The summed E-state index contributed by atoms with van der Waals surface area (Å²) in [6.07, 6.45) is 0. The fraction of sp³-hybridized carbons (Fsp3) is 0. The van der Waals surface area contributed by atoms with Gasteiger partial charge in [0, 0.05) is 53.2 Å². The standard InChI is InChI=1S/C57H36N4S/c1-4-16-37(17-5-1)43-31-28-41(35-48(43)40-30-33-54-49(34-40)47-24-12-15-27-53(47)62-54)56-58-55(39-20-8-3-9-21-39)59-57(60-56)42-29-32-44(38-18-6-2-7-19-38)52(36-42)61-50-25-13-10-22-45(50)46-23-11-14-26-51(46)61/h1-36H. The quantitative estimate of drug-likeness (QED) is 0.161. The van der Waals surface area contributed by atoms with Crippen molar-refractivity contribution in [2.45, 2.75) is 0 Å². The lowest BCUT2D eigenvalue weighted by molar-refractivity contribution is 1.07. The van der Waals surface area contributed by atoms with Crippen LogP contribution in [0.4, 0.5) is 0 Å². The van der Waals surface area contributed by atoms with Crippen molar-refractivity contribution in [3.63, 3.8) is 0 Å². The molecule has 3 heterocycles. The lowest BCUT2D eigenvalue weighted by Crippen LogP contribution is -2.02. The van der Waals surface area contributed by atoms with E-state index < -0.39 is 0 Å². The van der Waals surface area contributed by atoms with Crippen LogP contribution in [0.15, 0.2) is 218 Å². The van der Waals surface area contributed by atoms with E-state index in [1.54, 1.807) is 0 Å². The molecule has 5 heteroatoms. The summed E-state index contributed by atoms with van der Waals surface area (Å²) < 4.78 is 4.96. The van der Waals surface area contributed by atoms with Crippen LogP contribution in [0.25, 0.3) is 115 Å². The molecule has 0 aliphatic heterocycles. The van der Waals surface area contributed by atoms with Crippen molar-refractivity contribution in [3.05, 3.63) is 218 Å². The molecule has 3 aromatic heterocycles. The Bertz CT molecular complexity index is 3580. The second-order valence-electron chi connectivity index (χ2n) is 15.6. The highest BCUT2D eigenvalue weighted by Gasteiger charge is 2.20. The van der Waals surface area contributed by atoms with Gasteiger partial charge in [-0.2, -0.15) is 0 Å². The summed E-state index contributed by atoms with van der Waals surface area (Å²) in [7, 11) is 0. The minimum Gasteiger partial charge on any atom is -0.309 e. The van der Waals surface area contributed by atoms with Gasteiger partial charge in [-0.1, -0.05) is 176 Å². The van der Waals surface area contributed by atoms with Crippen molar-refractivity contribution < 1.29 is 0 Å². The van der Waals surface area contributed by atoms with Crippen LogP contribution >= 0.6 is 11.3 Å². The van der Waals surface area contributed by atoms with E-state index in [-0.39, 0.29) is 0 Å². The molecule has 0 fully saturated rings. The zero-order chi connectivity index (χ0) is 41.0. The SMILES string of the molecule is c1ccc(-c2nc(-c3ccc(-c4ccccc4)c(-c4ccc5sc6ccccc6c5c4)c3)nc(-c3ccc(-c4ccccc4)c(-n4c5ccccc5c5ccccc54)c3)n2)cc1. The molecule has 62 heavy (non-hydrogen) atoms. The highest BCUT2D eigenvalue weighted by Crippen LogP contribution is 2.42. The first-order chi connectivity index (χ1) is 30.7. The van der Waals surface area contributed by atoms with E-state index >= 15 is 0 Å². The Morgan fingerprint density at radius 1 is 0.290 bits per heavy atom. The van der Waals surface area contributed by atoms with Crippen LogP contribution in [0, 0.1) is 0 Å². The van der Waals surface area contributed by atoms with Crippen LogP contribution in [0.2, 0.25) is 0 Å². The molecular weight excluding hydrogens is 773 g/mol. The molecule has 0 aliphatic carbocycles. The minimum absolute atomic E-state index is 0.607. The molecule has 0 saturated carbocycles. The number of thiophene rings is 1. The molecule has 0 atom stereocenters. The molecule has 12 rings (SSSR count). The molecule has 290 valence electrons. The van der Waals surface area contributed by atoms with Gasteiger partial charge in [0.2, 0.25) is 0 Å². The van der Waals surface area contributed by atoms with Gasteiger partial charge in [0.25, 0.3) is 0 Å². The van der Waals surface area contributed by atoms with Gasteiger partial charge in [-0.3, -0.25) is 0 Å². The fourth-order valence-corrected chi connectivity index (χ4v) is 10.0. The highest BCUT2D eigenvalue weighted by molar-refractivity contribution is 7.25. The number of benzene rings is 9. The highest BCUT2D eigenvalue weighted by atomic mass is 32.1. The van der Waals surface area contributed by atoms with E-state index in [1.165, 1.54) is 30.9 Å². The maximum absolute atomic E-state index is 5.34. The molecule has 0 radical (unpaired) electrons. The number of rotatable bonds is 7. The molecule has 4 nitrogen and oxygen atoms in total. The maximum atomic E-state index is 5.34. The first-order valence-electron chi connectivity index (χ1n) is 20.8. The van der Waals surface area contributed by atoms with Crippen LogP contribution in [0.3, 0.4) is 0 Å². The van der Waals surface area contributed by atoms with Crippen molar-refractivity contribution in [2.75, 3.05) is 0 Å². The maximum Gasteiger partial charge on any atom is 0.164 e. The number of nitrogens with zero attached hydrogens (tertiary/aromatic N) is 4. The van der Waals surface area contributed by atoms with Crippen LogP contribution in [-0.4, -0.2) is 19.5 Å². The number of hydrogen-bond acceptors (Lipinski definition) is 4. The predicted molar refractivity (Wildman–Crippen MR) is 260 cm³/mol. The van der Waals surface area contributed by atoms with Crippen LogP contribution in [0.1, 0.15) is 0 Å². The molecule has 9 aromatic carbocycles. The zero-order valence-corrected chi connectivity index (χ0v) is 34.3. The molecular formula is C57H36N4S. The van der Waals surface area contributed by atoms with E-state index in [9.17, 15) is 0 Å². The van der Waals surface area contributed by atoms with E-state index in [0.717, 1.165) is 66.8 Å². The topological polar surface area (TPSA) is 43.6 Å². The lowest BCUT2D eigenvalue weighted by atomic mass is 9.92. The average Bonchev–Trinajstić information content (AvgIpc) is 3.90. The van der Waals surface area contributed by atoms with Crippen molar-refractivity contribution >= 4 is 53.3 Å². The van der Waals surface area contributed by atoms with E-state index in [2.05, 4.69) is 205 Å². The molecule has 0 saturated heterocycles. The van der Waals surface area contributed by atoms with Gasteiger partial charge in [0.05, 0.1) is 16.7 Å². The van der Waals surface area contributed by atoms with Gasteiger partial charge >= 0.3 is 0 Å². The van der Waals surface area contributed by atoms with Gasteiger partial charge in [-0.05, 0) is 70.3 Å². The van der Waals surface area contributed by atoms with Crippen LogP contribution < -0.4 is 0 Å². The second-order valence-corrected chi connectivity index (χ2v) is 16.7. The second kappa shape index (κ2) is 14.9. The molecule has 12 aromatic rings. The third-order valence-corrected chi connectivity index (χ3v) is 13.0. The molecule has 0 bridgehead atoms. The number of fused-ring (bicyclic) bond motifs is 6. The van der Waals surface area contributed by atoms with Crippen molar-refractivity contribution in [2.24, 2.45) is 0 Å². The summed E-state index contributed by atoms with van der Waals surface area (Å²) in [5.41, 5.74) is 12.9. The van der Waals surface area contributed by atoms with E-state index in [4.69, 9.17) is 15.0 Å². The fourth-order valence-electron chi connectivity index (χ4n) is 8.94. The van der Waals surface area contributed by atoms with Crippen LogP contribution in [0.5, 0.6) is 0 Å². The third-order valence-electron chi connectivity index (χ3n) is 11.9. The minimum atomic E-state index is 0.607.